The summed E-state index contributed by atoms with van der Waals surface area (Å²) < 4.78 is 5.21. The van der Waals surface area contributed by atoms with Crippen LogP contribution in [0.5, 0.6) is 0 Å². The van der Waals surface area contributed by atoms with E-state index in [0.717, 1.165) is 11.3 Å². The summed E-state index contributed by atoms with van der Waals surface area (Å²) >= 11 is 0. The van der Waals surface area contributed by atoms with Crippen molar-refractivity contribution >= 4 is 12.0 Å². The van der Waals surface area contributed by atoms with Crippen molar-refractivity contribution in [3.05, 3.63) is 66.0 Å². The van der Waals surface area contributed by atoms with E-state index in [0.29, 0.717) is 6.54 Å². The predicted octanol–water partition coefficient (Wildman–Crippen LogP) is 1.55. The lowest BCUT2D eigenvalue weighted by Crippen LogP contribution is -2.43. The van der Waals surface area contributed by atoms with Gasteiger partial charge in [-0.15, -0.1) is 0 Å². The number of amides is 2. The average Bonchev–Trinajstić information content (AvgIpc) is 2.96. The van der Waals surface area contributed by atoms with Crippen LogP contribution in [0.4, 0.5) is 4.79 Å². The number of hydrogen-bond donors (Lipinski definition) is 2. The molecule has 1 saturated heterocycles. The molecule has 22 heavy (non-hydrogen) atoms. The zero-order valence-corrected chi connectivity index (χ0v) is 11.7. The molecule has 2 aromatic rings. The molecule has 6 nitrogen and oxygen atoms in total. The number of pyridine rings is 1. The number of alkyl carbamates (subject to hydrolysis) is 1. The largest absolute Gasteiger partial charge is 0.439 e. The third-order valence-electron chi connectivity index (χ3n) is 3.39. The van der Waals surface area contributed by atoms with Crippen LogP contribution in [0, 0.1) is 0 Å². The smallest absolute Gasteiger partial charge is 0.408 e. The first-order valence-electron chi connectivity index (χ1n) is 6.94. The van der Waals surface area contributed by atoms with Gasteiger partial charge < -0.3 is 15.4 Å². The second kappa shape index (κ2) is 6.26. The Balaban J connectivity index is 1.69. The molecule has 3 rings (SSSR count). The summed E-state index contributed by atoms with van der Waals surface area (Å²) in [4.78, 5) is 27.9. The van der Waals surface area contributed by atoms with E-state index >= 15 is 0 Å². The maximum atomic E-state index is 12.3. The third kappa shape index (κ3) is 3.06. The van der Waals surface area contributed by atoms with Gasteiger partial charge in [0.05, 0.1) is 12.2 Å². The van der Waals surface area contributed by atoms with Gasteiger partial charge in [0.1, 0.15) is 0 Å². The quantitative estimate of drug-likeness (QED) is 0.897. The Kier molecular flexibility index (Phi) is 4.00. The molecule has 1 aliphatic heterocycles. The van der Waals surface area contributed by atoms with E-state index in [2.05, 4.69) is 15.6 Å². The van der Waals surface area contributed by atoms with Crippen LogP contribution in [-0.4, -0.2) is 23.0 Å². The maximum Gasteiger partial charge on any atom is 0.408 e. The average molecular weight is 297 g/mol. The molecule has 1 aromatic carbocycles. The first-order valence-corrected chi connectivity index (χ1v) is 6.94. The van der Waals surface area contributed by atoms with Crippen LogP contribution in [0.3, 0.4) is 0 Å². The predicted molar refractivity (Wildman–Crippen MR) is 78.7 cm³/mol. The van der Waals surface area contributed by atoms with E-state index in [9.17, 15) is 9.59 Å². The van der Waals surface area contributed by atoms with Gasteiger partial charge in [-0.25, -0.2) is 4.79 Å². The van der Waals surface area contributed by atoms with E-state index in [1.807, 2.05) is 48.5 Å². The Morgan fingerprint density at radius 3 is 2.68 bits per heavy atom. The number of carbonyl (C=O) groups excluding carboxylic acids is 2. The fourth-order valence-corrected chi connectivity index (χ4v) is 2.32. The number of nitrogens with one attached hydrogen (secondary N) is 2. The Labute approximate surface area is 127 Å². The van der Waals surface area contributed by atoms with Crippen LogP contribution in [0.15, 0.2) is 54.7 Å². The molecular weight excluding hydrogens is 282 g/mol. The van der Waals surface area contributed by atoms with Gasteiger partial charge >= 0.3 is 6.09 Å². The fraction of sp³-hybridized carbons (Fsp3) is 0.188. The van der Waals surface area contributed by atoms with Crippen molar-refractivity contribution in [2.45, 2.75) is 18.7 Å². The Hall–Kier alpha value is -2.89. The summed E-state index contributed by atoms with van der Waals surface area (Å²) in [6, 6.07) is 13.9. The van der Waals surface area contributed by atoms with Crippen LogP contribution in [0.25, 0.3) is 0 Å². The first-order chi connectivity index (χ1) is 10.7. The molecule has 0 radical (unpaired) electrons. The minimum absolute atomic E-state index is 0.299. The molecule has 112 valence electrons. The van der Waals surface area contributed by atoms with Crippen LogP contribution < -0.4 is 10.6 Å². The molecule has 6 heteroatoms. The summed E-state index contributed by atoms with van der Waals surface area (Å²) in [5.41, 5.74) is 1.52. The minimum Gasteiger partial charge on any atom is -0.439 e. The van der Waals surface area contributed by atoms with E-state index in [-0.39, 0.29) is 5.91 Å². The van der Waals surface area contributed by atoms with Crippen LogP contribution in [0.2, 0.25) is 0 Å². The highest BCUT2D eigenvalue weighted by Crippen LogP contribution is 2.26. The summed E-state index contributed by atoms with van der Waals surface area (Å²) in [7, 11) is 0. The SMILES string of the molecule is O=C1NC(C(=O)NCc2ccccn2)C(c2ccccc2)O1. The van der Waals surface area contributed by atoms with E-state index < -0.39 is 18.2 Å². The lowest BCUT2D eigenvalue weighted by atomic mass is 10.0. The summed E-state index contributed by atoms with van der Waals surface area (Å²) in [5.74, 6) is -0.301. The highest BCUT2D eigenvalue weighted by molar-refractivity contribution is 5.88. The Morgan fingerprint density at radius 1 is 1.18 bits per heavy atom. The van der Waals surface area contributed by atoms with Crippen LogP contribution in [0.1, 0.15) is 17.4 Å². The lowest BCUT2D eigenvalue weighted by Gasteiger charge is -2.16. The van der Waals surface area contributed by atoms with E-state index in [1.165, 1.54) is 0 Å². The molecule has 2 unspecified atom stereocenters. The minimum atomic E-state index is -0.751. The topological polar surface area (TPSA) is 80.3 Å². The molecule has 1 aromatic heterocycles. The molecule has 1 aliphatic rings. The van der Waals surface area contributed by atoms with Gasteiger partial charge in [0, 0.05) is 6.20 Å². The number of nitrogens with zero attached hydrogens (tertiary/aromatic N) is 1. The maximum absolute atomic E-state index is 12.3. The van der Waals surface area contributed by atoms with Crippen molar-refractivity contribution in [1.29, 1.82) is 0 Å². The third-order valence-corrected chi connectivity index (χ3v) is 3.39. The molecule has 2 heterocycles. The van der Waals surface area contributed by atoms with Gasteiger partial charge in [-0.1, -0.05) is 36.4 Å². The number of ether oxygens (including phenoxy) is 1. The molecule has 0 spiro atoms. The zero-order chi connectivity index (χ0) is 15.4. The number of rotatable bonds is 4. The highest BCUT2D eigenvalue weighted by Gasteiger charge is 2.40. The summed E-state index contributed by atoms with van der Waals surface area (Å²) in [6.45, 7) is 0.299. The van der Waals surface area contributed by atoms with Crippen molar-refractivity contribution in [2.75, 3.05) is 0 Å². The summed E-state index contributed by atoms with van der Waals surface area (Å²) in [6.07, 6.45) is 0.443. The standard InChI is InChI=1S/C16H15N3O3/c20-15(18-10-12-8-4-5-9-17-12)13-14(22-16(21)19-13)11-6-2-1-3-7-11/h1-9,13-14H,10H2,(H,18,20)(H,19,21). The number of hydrogen-bond acceptors (Lipinski definition) is 4. The molecule has 0 aliphatic carbocycles. The van der Waals surface area contributed by atoms with Crippen molar-refractivity contribution in [3.8, 4) is 0 Å². The van der Waals surface area contributed by atoms with Crippen molar-refractivity contribution in [2.24, 2.45) is 0 Å². The molecule has 0 bridgehead atoms. The molecular formula is C16H15N3O3. The molecule has 2 atom stereocenters. The van der Waals surface area contributed by atoms with E-state index in [4.69, 9.17) is 4.74 Å². The molecule has 1 fully saturated rings. The number of cyclic esters (lactones) is 1. The van der Waals surface area contributed by atoms with Crippen molar-refractivity contribution < 1.29 is 14.3 Å². The molecule has 0 saturated carbocycles. The van der Waals surface area contributed by atoms with Gasteiger partial charge in [-0.05, 0) is 17.7 Å². The normalized spacial score (nSPS) is 20.1. The Bertz CT molecular complexity index is 661. The first kappa shape index (κ1) is 14.1. The lowest BCUT2D eigenvalue weighted by molar-refractivity contribution is -0.124. The van der Waals surface area contributed by atoms with Gasteiger partial charge in [0.25, 0.3) is 0 Å². The number of aromatic nitrogens is 1. The second-order valence-electron chi connectivity index (χ2n) is 4.90. The number of carbonyl (C=O) groups is 2. The Morgan fingerprint density at radius 2 is 1.95 bits per heavy atom. The molecule has 2 amide bonds. The van der Waals surface area contributed by atoms with Crippen molar-refractivity contribution in [1.82, 2.24) is 15.6 Å². The van der Waals surface area contributed by atoms with Crippen LogP contribution in [-0.2, 0) is 16.1 Å². The monoisotopic (exact) mass is 297 g/mol. The van der Waals surface area contributed by atoms with Crippen molar-refractivity contribution in [3.63, 3.8) is 0 Å². The van der Waals surface area contributed by atoms with Gasteiger partial charge in [0.15, 0.2) is 12.1 Å². The van der Waals surface area contributed by atoms with Crippen LogP contribution >= 0.6 is 0 Å². The van der Waals surface area contributed by atoms with E-state index in [1.54, 1.807) is 6.20 Å². The van der Waals surface area contributed by atoms with Gasteiger partial charge in [-0.2, -0.15) is 0 Å². The fourth-order valence-electron chi connectivity index (χ4n) is 2.32. The molecule has 2 N–H and O–H groups in total. The second-order valence-corrected chi connectivity index (χ2v) is 4.90. The summed E-state index contributed by atoms with van der Waals surface area (Å²) in [5, 5.41) is 5.31. The van der Waals surface area contributed by atoms with Gasteiger partial charge in [-0.3, -0.25) is 9.78 Å². The number of benzene rings is 1. The van der Waals surface area contributed by atoms with Gasteiger partial charge in [0.2, 0.25) is 5.91 Å². The zero-order valence-electron chi connectivity index (χ0n) is 11.7. The highest BCUT2D eigenvalue weighted by atomic mass is 16.6.